The topological polar surface area (TPSA) is 177 Å². The summed E-state index contributed by atoms with van der Waals surface area (Å²) < 4.78 is 22.9. The number of phosphoric ester groups is 1. The molecule has 216 valence electrons. The smallest absolute Gasteiger partial charge is 0.508 e. The molecule has 0 radical (unpaired) electrons. The molecule has 0 saturated heterocycles. The molecule has 4 rings (SSSR count). The monoisotopic (exact) mass is 582 g/mol. The van der Waals surface area contributed by atoms with Crippen LogP contribution in [0.2, 0.25) is 0 Å². The minimum Gasteiger partial charge on any atom is -0.508 e. The molecule has 4 aromatic rings. The van der Waals surface area contributed by atoms with Gasteiger partial charge in [-0.15, -0.1) is 0 Å². The lowest BCUT2D eigenvalue weighted by atomic mass is 10.0. The summed E-state index contributed by atoms with van der Waals surface area (Å²) in [5.41, 5.74) is 2.53. The zero-order valence-corrected chi connectivity index (χ0v) is 22.9. The van der Waals surface area contributed by atoms with Crippen LogP contribution in [0.4, 0.5) is 0 Å². The zero-order valence-electron chi connectivity index (χ0n) is 22.0. The Labute approximate surface area is 236 Å². The predicted octanol–water partition coefficient (Wildman–Crippen LogP) is 5.83. The van der Waals surface area contributed by atoms with Crippen LogP contribution in [0.15, 0.2) is 72.8 Å². The molecule has 0 saturated carbocycles. The van der Waals surface area contributed by atoms with Crippen LogP contribution in [0.25, 0.3) is 0 Å². The Hall–Kier alpha value is -4.53. The first-order valence-electron chi connectivity index (χ1n) is 12.9. The van der Waals surface area contributed by atoms with Gasteiger partial charge in [0, 0.05) is 35.4 Å². The van der Waals surface area contributed by atoms with Crippen LogP contribution in [0.1, 0.15) is 35.1 Å². The van der Waals surface area contributed by atoms with Gasteiger partial charge in [-0.2, -0.15) is 0 Å². The van der Waals surface area contributed by atoms with E-state index in [1.54, 1.807) is 48.5 Å². The Bertz CT molecular complexity index is 1380. The first-order valence-corrected chi connectivity index (χ1v) is 14.4. The number of benzene rings is 4. The number of aromatic hydroxyl groups is 6. The number of phenolic OH excluding ortho intramolecular Hbond substituents is 6. The van der Waals surface area contributed by atoms with Crippen molar-refractivity contribution >= 4 is 7.82 Å². The average molecular weight is 583 g/mol. The lowest BCUT2D eigenvalue weighted by Gasteiger charge is -2.14. The summed E-state index contributed by atoms with van der Waals surface area (Å²) in [7, 11) is -4.47. The number of hydrogen-bond acceptors (Lipinski definition) is 9. The van der Waals surface area contributed by atoms with Crippen LogP contribution in [0, 0.1) is 0 Å². The number of rotatable bonds is 12. The molecule has 0 aliphatic rings. The van der Waals surface area contributed by atoms with E-state index in [0.29, 0.717) is 49.7 Å². The van der Waals surface area contributed by atoms with Gasteiger partial charge in [0.15, 0.2) is 0 Å². The SMILES string of the molecule is O=P(O)(Oc1ccc(CCCc2c(O)cc(O)cc2O)cc1)Oc1ccc(CCCc2c(O)cc(O)cc2O)cc1. The summed E-state index contributed by atoms with van der Waals surface area (Å²) in [6, 6.07) is 17.8. The quantitative estimate of drug-likeness (QED) is 0.101. The van der Waals surface area contributed by atoms with Crippen LogP contribution < -0.4 is 9.05 Å². The maximum absolute atomic E-state index is 12.5. The number of phenols is 6. The molecule has 41 heavy (non-hydrogen) atoms. The lowest BCUT2D eigenvalue weighted by Crippen LogP contribution is -2.00. The average Bonchev–Trinajstić information content (AvgIpc) is 2.88. The zero-order chi connectivity index (χ0) is 29.6. The minimum absolute atomic E-state index is 0.144. The summed E-state index contributed by atoms with van der Waals surface area (Å²) >= 11 is 0. The largest absolute Gasteiger partial charge is 0.584 e. The molecule has 4 aromatic carbocycles. The normalized spacial score (nSPS) is 11.3. The number of hydrogen-bond donors (Lipinski definition) is 7. The van der Waals surface area contributed by atoms with Gasteiger partial charge in [-0.05, 0) is 73.9 Å². The first kappa shape index (κ1) is 29.5. The van der Waals surface area contributed by atoms with Crippen LogP contribution in [0.5, 0.6) is 46.0 Å². The first-order chi connectivity index (χ1) is 19.5. The Balaban J connectivity index is 1.24. The molecule has 0 aromatic heterocycles. The number of phosphoric acid groups is 1. The van der Waals surface area contributed by atoms with Crippen LogP contribution in [-0.4, -0.2) is 35.5 Å². The fourth-order valence-corrected chi connectivity index (χ4v) is 5.24. The van der Waals surface area contributed by atoms with Crippen molar-refractivity contribution in [2.75, 3.05) is 0 Å². The van der Waals surface area contributed by atoms with Crippen molar-refractivity contribution in [3.63, 3.8) is 0 Å². The van der Waals surface area contributed by atoms with Gasteiger partial charge in [0.25, 0.3) is 0 Å². The fourth-order valence-electron chi connectivity index (χ4n) is 4.42. The summed E-state index contributed by atoms with van der Waals surface area (Å²) in [6.07, 6.45) is 3.20. The molecule has 0 aliphatic carbocycles. The van der Waals surface area contributed by atoms with Gasteiger partial charge in [-0.25, -0.2) is 4.57 Å². The minimum atomic E-state index is -4.47. The third-order valence-electron chi connectivity index (χ3n) is 6.45. The molecular weight excluding hydrogens is 551 g/mol. The van der Waals surface area contributed by atoms with Gasteiger partial charge in [0.1, 0.15) is 46.0 Å². The molecule has 11 heteroatoms. The highest BCUT2D eigenvalue weighted by Gasteiger charge is 2.25. The lowest BCUT2D eigenvalue weighted by molar-refractivity contribution is 0.291. The van der Waals surface area contributed by atoms with E-state index in [4.69, 9.17) is 9.05 Å². The molecular formula is C30H31O10P. The summed E-state index contributed by atoms with van der Waals surface area (Å²) in [6.45, 7) is 0. The second-order valence-electron chi connectivity index (χ2n) is 9.57. The molecule has 0 heterocycles. The van der Waals surface area contributed by atoms with Gasteiger partial charge >= 0.3 is 7.82 Å². The van der Waals surface area contributed by atoms with E-state index < -0.39 is 7.82 Å². The predicted molar refractivity (Wildman–Crippen MR) is 151 cm³/mol. The van der Waals surface area contributed by atoms with E-state index in [2.05, 4.69) is 0 Å². The molecule has 0 bridgehead atoms. The van der Waals surface area contributed by atoms with Gasteiger partial charge in [-0.1, -0.05) is 24.3 Å². The molecule has 0 atom stereocenters. The standard InChI is InChI=1S/C30H31O10P/c31-21-15-27(33)25(28(34)16-21)5-1-3-19-7-11-23(12-8-19)39-41(37,38)40-24-13-9-20(10-14-24)4-2-6-26-29(35)17-22(32)18-30(26)36/h7-18,31-36H,1-6H2,(H,37,38). The molecule has 0 unspecified atom stereocenters. The maximum atomic E-state index is 12.5. The third-order valence-corrected chi connectivity index (χ3v) is 7.33. The van der Waals surface area contributed by atoms with Crippen molar-refractivity contribution in [2.24, 2.45) is 0 Å². The molecule has 10 nitrogen and oxygen atoms in total. The molecule has 0 fully saturated rings. The van der Waals surface area contributed by atoms with Crippen LogP contribution in [0.3, 0.4) is 0 Å². The highest BCUT2D eigenvalue weighted by Crippen LogP contribution is 2.44. The van der Waals surface area contributed by atoms with E-state index in [9.17, 15) is 40.1 Å². The highest BCUT2D eigenvalue weighted by molar-refractivity contribution is 7.48. The third kappa shape index (κ3) is 8.23. The van der Waals surface area contributed by atoms with Crippen molar-refractivity contribution < 1.29 is 49.1 Å². The molecule has 0 amide bonds. The van der Waals surface area contributed by atoms with Crippen molar-refractivity contribution in [1.82, 2.24) is 0 Å². The second-order valence-corrected chi connectivity index (χ2v) is 10.9. The Morgan fingerprint density at radius 2 is 0.829 bits per heavy atom. The van der Waals surface area contributed by atoms with Crippen molar-refractivity contribution in [3.05, 3.63) is 95.1 Å². The number of aryl methyl sites for hydroxylation is 2. The fraction of sp³-hybridized carbons (Fsp3) is 0.200. The van der Waals surface area contributed by atoms with E-state index in [-0.39, 0.29) is 46.0 Å². The van der Waals surface area contributed by atoms with E-state index in [1.165, 1.54) is 24.3 Å². The van der Waals surface area contributed by atoms with E-state index in [0.717, 1.165) is 11.1 Å². The summed E-state index contributed by atoms with van der Waals surface area (Å²) in [4.78, 5) is 10.2. The van der Waals surface area contributed by atoms with Gasteiger partial charge in [0.2, 0.25) is 0 Å². The van der Waals surface area contributed by atoms with E-state index in [1.807, 2.05) is 0 Å². The summed E-state index contributed by atoms with van der Waals surface area (Å²) in [5, 5.41) is 58.5. The maximum Gasteiger partial charge on any atom is 0.584 e. The van der Waals surface area contributed by atoms with Crippen LogP contribution in [-0.2, 0) is 30.2 Å². The molecule has 0 aliphatic heterocycles. The second kappa shape index (κ2) is 12.8. The Kier molecular flexibility index (Phi) is 9.17. The Morgan fingerprint density at radius 1 is 0.512 bits per heavy atom. The molecule has 7 N–H and O–H groups in total. The van der Waals surface area contributed by atoms with Gasteiger partial charge in [-0.3, -0.25) is 4.89 Å². The van der Waals surface area contributed by atoms with Crippen molar-refractivity contribution in [1.29, 1.82) is 0 Å². The van der Waals surface area contributed by atoms with E-state index >= 15 is 0 Å². The van der Waals surface area contributed by atoms with Crippen molar-refractivity contribution in [2.45, 2.75) is 38.5 Å². The van der Waals surface area contributed by atoms with Crippen LogP contribution >= 0.6 is 7.82 Å². The van der Waals surface area contributed by atoms with Crippen molar-refractivity contribution in [3.8, 4) is 46.0 Å². The highest BCUT2D eigenvalue weighted by atomic mass is 31.2. The Morgan fingerprint density at radius 3 is 1.15 bits per heavy atom. The van der Waals surface area contributed by atoms with Gasteiger partial charge in [0.05, 0.1) is 0 Å². The molecule has 0 spiro atoms. The van der Waals surface area contributed by atoms with Gasteiger partial charge < -0.3 is 39.7 Å². The summed E-state index contributed by atoms with van der Waals surface area (Å²) in [5.74, 6) is -0.842.